The summed E-state index contributed by atoms with van der Waals surface area (Å²) in [5, 5.41) is 6.93. The first-order valence-corrected chi connectivity index (χ1v) is 7.02. The zero-order valence-corrected chi connectivity index (χ0v) is 12.5. The maximum atomic E-state index is 12.5. The van der Waals surface area contributed by atoms with Gasteiger partial charge in [0.2, 0.25) is 11.8 Å². The Balaban J connectivity index is 2.27. The number of hydrogen-bond acceptors (Lipinski definition) is 3. The second-order valence-corrected chi connectivity index (χ2v) is 5.65. The number of aryl methyl sites for hydroxylation is 1. The third kappa shape index (κ3) is 2.69. The van der Waals surface area contributed by atoms with Gasteiger partial charge in [-0.25, -0.2) is 0 Å². The molecule has 0 aromatic carbocycles. The summed E-state index contributed by atoms with van der Waals surface area (Å²) in [5.74, 6) is 0.0124. The minimum Gasteiger partial charge on any atom is -0.343 e. The van der Waals surface area contributed by atoms with E-state index in [9.17, 15) is 9.59 Å². The molecule has 2 heterocycles. The van der Waals surface area contributed by atoms with Crippen molar-refractivity contribution in [1.82, 2.24) is 20.0 Å². The molecule has 1 N–H and O–H groups in total. The molecule has 2 atom stereocenters. The molecule has 0 spiro atoms. The van der Waals surface area contributed by atoms with Gasteiger partial charge in [0.05, 0.1) is 6.20 Å². The summed E-state index contributed by atoms with van der Waals surface area (Å²) >= 11 is 0. The molecule has 1 fully saturated rings. The summed E-state index contributed by atoms with van der Waals surface area (Å²) in [7, 11) is 1.84. The molecule has 6 heteroatoms. The fourth-order valence-electron chi connectivity index (χ4n) is 2.66. The van der Waals surface area contributed by atoms with Crippen molar-refractivity contribution in [2.45, 2.75) is 45.8 Å². The van der Waals surface area contributed by atoms with E-state index in [1.54, 1.807) is 15.8 Å². The Hall–Kier alpha value is -1.85. The molecule has 2 amide bonds. The number of piperazine rings is 1. The van der Waals surface area contributed by atoms with Gasteiger partial charge < -0.3 is 10.2 Å². The SMILES string of the molecule is CCC1NC(=O)C(C(C)C)N(Cc2cnn(C)c2)C1=O. The van der Waals surface area contributed by atoms with Crippen molar-refractivity contribution in [1.29, 1.82) is 0 Å². The van der Waals surface area contributed by atoms with Crippen molar-refractivity contribution in [2.24, 2.45) is 13.0 Å². The molecule has 2 unspecified atom stereocenters. The third-order valence-electron chi connectivity index (χ3n) is 3.65. The number of aromatic nitrogens is 2. The van der Waals surface area contributed by atoms with E-state index < -0.39 is 12.1 Å². The van der Waals surface area contributed by atoms with Crippen LogP contribution < -0.4 is 5.32 Å². The number of hydrogen-bond donors (Lipinski definition) is 1. The van der Waals surface area contributed by atoms with Crippen molar-refractivity contribution in [3.8, 4) is 0 Å². The van der Waals surface area contributed by atoms with Crippen molar-refractivity contribution < 1.29 is 9.59 Å². The predicted molar refractivity (Wildman–Crippen MR) is 74.6 cm³/mol. The normalized spacial score (nSPS) is 23.4. The molecule has 0 aliphatic carbocycles. The van der Waals surface area contributed by atoms with Crippen molar-refractivity contribution >= 4 is 11.8 Å². The molecule has 1 saturated heterocycles. The van der Waals surface area contributed by atoms with Gasteiger partial charge in [-0.05, 0) is 12.3 Å². The molecule has 1 aromatic rings. The van der Waals surface area contributed by atoms with Gasteiger partial charge in [0.1, 0.15) is 12.1 Å². The van der Waals surface area contributed by atoms with Crippen molar-refractivity contribution in [2.75, 3.05) is 0 Å². The van der Waals surface area contributed by atoms with Crippen LogP contribution in [0.3, 0.4) is 0 Å². The fourth-order valence-corrected chi connectivity index (χ4v) is 2.66. The lowest BCUT2D eigenvalue weighted by Gasteiger charge is -2.40. The molecule has 1 aliphatic rings. The standard InChI is InChI=1S/C14H22N4O2/c1-5-11-14(20)18(8-10-6-15-17(4)7-10)12(9(2)3)13(19)16-11/h6-7,9,11-12H,5,8H2,1-4H3,(H,16,19). The zero-order valence-electron chi connectivity index (χ0n) is 12.5. The highest BCUT2D eigenvalue weighted by Gasteiger charge is 2.41. The molecular weight excluding hydrogens is 256 g/mol. The van der Waals surface area contributed by atoms with Crippen LogP contribution >= 0.6 is 0 Å². The quantitative estimate of drug-likeness (QED) is 0.881. The lowest BCUT2D eigenvalue weighted by molar-refractivity contribution is -0.152. The number of carbonyl (C=O) groups excluding carboxylic acids is 2. The summed E-state index contributed by atoms with van der Waals surface area (Å²) < 4.78 is 1.70. The highest BCUT2D eigenvalue weighted by atomic mass is 16.2. The van der Waals surface area contributed by atoms with E-state index in [-0.39, 0.29) is 17.7 Å². The lowest BCUT2D eigenvalue weighted by Crippen LogP contribution is -2.64. The van der Waals surface area contributed by atoms with Crippen LogP contribution in [0, 0.1) is 5.92 Å². The summed E-state index contributed by atoms with van der Waals surface area (Å²) in [4.78, 5) is 26.4. The average molecular weight is 278 g/mol. The minimum atomic E-state index is -0.412. The molecule has 110 valence electrons. The molecule has 0 radical (unpaired) electrons. The number of nitrogens with zero attached hydrogens (tertiary/aromatic N) is 3. The second kappa shape index (κ2) is 5.64. The Kier molecular flexibility index (Phi) is 4.11. The summed E-state index contributed by atoms with van der Waals surface area (Å²) in [6.45, 7) is 6.25. The zero-order chi connectivity index (χ0) is 14.9. The molecule has 20 heavy (non-hydrogen) atoms. The van der Waals surface area contributed by atoms with Crippen LogP contribution in [0.5, 0.6) is 0 Å². The molecule has 0 bridgehead atoms. The lowest BCUT2D eigenvalue weighted by atomic mass is 9.96. The highest BCUT2D eigenvalue weighted by Crippen LogP contribution is 2.21. The van der Waals surface area contributed by atoms with E-state index >= 15 is 0 Å². The Morgan fingerprint density at radius 1 is 1.40 bits per heavy atom. The average Bonchev–Trinajstić information content (AvgIpc) is 2.78. The van der Waals surface area contributed by atoms with E-state index in [4.69, 9.17) is 0 Å². The second-order valence-electron chi connectivity index (χ2n) is 5.65. The van der Waals surface area contributed by atoms with Crippen LogP contribution in [0.2, 0.25) is 0 Å². The minimum absolute atomic E-state index is 0.00495. The number of amides is 2. The molecule has 2 rings (SSSR count). The van der Waals surface area contributed by atoms with Gasteiger partial charge in [0, 0.05) is 25.4 Å². The summed E-state index contributed by atoms with van der Waals surface area (Å²) in [5.41, 5.74) is 0.941. The Labute approximate surface area is 119 Å². The third-order valence-corrected chi connectivity index (χ3v) is 3.65. The number of nitrogens with one attached hydrogen (secondary N) is 1. The van der Waals surface area contributed by atoms with Crippen LogP contribution in [0.4, 0.5) is 0 Å². The van der Waals surface area contributed by atoms with Crippen LogP contribution in [-0.4, -0.2) is 38.6 Å². The number of rotatable bonds is 4. The van der Waals surface area contributed by atoms with E-state index in [1.165, 1.54) is 0 Å². The van der Waals surface area contributed by atoms with Gasteiger partial charge in [-0.3, -0.25) is 14.3 Å². The van der Waals surface area contributed by atoms with E-state index in [0.29, 0.717) is 13.0 Å². The van der Waals surface area contributed by atoms with Crippen LogP contribution in [0.1, 0.15) is 32.8 Å². The summed E-state index contributed by atoms with van der Waals surface area (Å²) in [6.07, 6.45) is 4.22. The van der Waals surface area contributed by atoms with E-state index in [2.05, 4.69) is 10.4 Å². The van der Waals surface area contributed by atoms with Gasteiger partial charge in [0.15, 0.2) is 0 Å². The topological polar surface area (TPSA) is 67.2 Å². The largest absolute Gasteiger partial charge is 0.343 e. The maximum absolute atomic E-state index is 12.5. The predicted octanol–water partition coefficient (Wildman–Crippen LogP) is 0.682. The smallest absolute Gasteiger partial charge is 0.246 e. The number of carbonyl (C=O) groups is 2. The Morgan fingerprint density at radius 2 is 2.10 bits per heavy atom. The van der Waals surface area contributed by atoms with Crippen molar-refractivity contribution in [3.05, 3.63) is 18.0 Å². The maximum Gasteiger partial charge on any atom is 0.246 e. The first-order valence-electron chi connectivity index (χ1n) is 7.02. The molecule has 1 aromatic heterocycles. The molecular formula is C14H22N4O2. The van der Waals surface area contributed by atoms with Crippen LogP contribution in [0.25, 0.3) is 0 Å². The monoisotopic (exact) mass is 278 g/mol. The first kappa shape index (κ1) is 14.6. The summed E-state index contributed by atoms with van der Waals surface area (Å²) in [6, 6.07) is -0.820. The van der Waals surface area contributed by atoms with Gasteiger partial charge in [-0.2, -0.15) is 5.10 Å². The van der Waals surface area contributed by atoms with Gasteiger partial charge in [0.25, 0.3) is 0 Å². The fraction of sp³-hybridized carbons (Fsp3) is 0.643. The van der Waals surface area contributed by atoms with Crippen LogP contribution in [0.15, 0.2) is 12.4 Å². The van der Waals surface area contributed by atoms with E-state index in [1.807, 2.05) is 34.0 Å². The van der Waals surface area contributed by atoms with Gasteiger partial charge in [-0.15, -0.1) is 0 Å². The van der Waals surface area contributed by atoms with Gasteiger partial charge >= 0.3 is 0 Å². The Bertz CT molecular complexity index is 509. The Morgan fingerprint density at radius 3 is 2.60 bits per heavy atom. The molecule has 0 saturated carbocycles. The highest BCUT2D eigenvalue weighted by molar-refractivity contribution is 5.97. The van der Waals surface area contributed by atoms with Crippen LogP contribution in [-0.2, 0) is 23.2 Å². The van der Waals surface area contributed by atoms with Gasteiger partial charge in [-0.1, -0.05) is 20.8 Å². The van der Waals surface area contributed by atoms with Crippen molar-refractivity contribution in [3.63, 3.8) is 0 Å². The van der Waals surface area contributed by atoms with E-state index in [0.717, 1.165) is 5.56 Å². The molecule has 6 nitrogen and oxygen atoms in total. The molecule has 1 aliphatic heterocycles. The first-order chi connectivity index (χ1) is 9.43.